The lowest BCUT2D eigenvalue weighted by Crippen LogP contribution is -2.33. The predicted molar refractivity (Wildman–Crippen MR) is 114 cm³/mol. The van der Waals surface area contributed by atoms with E-state index in [0.717, 1.165) is 28.2 Å². The molecule has 5 nitrogen and oxygen atoms in total. The number of pyridine rings is 1. The number of nitriles is 1. The first kappa shape index (κ1) is 20.3. The number of rotatable bonds is 6. The van der Waals surface area contributed by atoms with Gasteiger partial charge in [0.05, 0.1) is 35.5 Å². The monoisotopic (exact) mass is 386 g/mol. The molecule has 0 spiro atoms. The number of hydrogen-bond acceptors (Lipinski definition) is 3. The lowest BCUT2D eigenvalue weighted by Gasteiger charge is -2.28. The molecule has 0 saturated carbocycles. The van der Waals surface area contributed by atoms with E-state index in [0.29, 0.717) is 18.7 Å². The summed E-state index contributed by atoms with van der Waals surface area (Å²) in [7, 11) is 0. The Morgan fingerprint density at radius 2 is 1.93 bits per heavy atom. The van der Waals surface area contributed by atoms with Crippen LogP contribution >= 0.6 is 0 Å². The largest absolute Gasteiger partial charge is 0.342 e. The van der Waals surface area contributed by atoms with Gasteiger partial charge in [0, 0.05) is 24.1 Å². The van der Waals surface area contributed by atoms with Crippen LogP contribution < -0.4 is 0 Å². The topological polar surface area (TPSA) is 61.9 Å². The first-order valence-corrected chi connectivity index (χ1v) is 9.84. The van der Waals surface area contributed by atoms with Crippen LogP contribution in [0.4, 0.5) is 0 Å². The smallest absolute Gasteiger partial charge is 0.256 e. The average molecular weight is 386 g/mol. The fourth-order valence-corrected chi connectivity index (χ4v) is 3.68. The standard InChI is InChI=1S/C24H26N4O/c1-5-27(18(3)21-11-9-20(15-25)10-12-21)24(29)23-14-17(2)28(19(23)4)16-22-8-6-7-13-26-22/h6-14,18H,5,16H2,1-4H3/t18-/m1/s1. The van der Waals surface area contributed by atoms with Crippen molar-refractivity contribution in [2.75, 3.05) is 6.54 Å². The predicted octanol–water partition coefficient (Wildman–Crippen LogP) is 4.64. The van der Waals surface area contributed by atoms with Gasteiger partial charge in [0.15, 0.2) is 0 Å². The summed E-state index contributed by atoms with van der Waals surface area (Å²) in [6, 6.07) is 17.3. The van der Waals surface area contributed by atoms with Gasteiger partial charge in [-0.1, -0.05) is 18.2 Å². The Morgan fingerprint density at radius 1 is 1.21 bits per heavy atom. The lowest BCUT2D eigenvalue weighted by atomic mass is 10.0. The maximum Gasteiger partial charge on any atom is 0.256 e. The van der Waals surface area contributed by atoms with Crippen molar-refractivity contribution in [3.05, 3.63) is 88.5 Å². The number of nitrogens with zero attached hydrogens (tertiary/aromatic N) is 4. The zero-order valence-corrected chi connectivity index (χ0v) is 17.4. The van der Waals surface area contributed by atoms with E-state index in [9.17, 15) is 4.79 Å². The van der Waals surface area contributed by atoms with Crippen LogP contribution in [0.15, 0.2) is 54.7 Å². The molecule has 0 fully saturated rings. The SMILES string of the molecule is CCN(C(=O)c1cc(C)n(Cc2ccccn2)c1C)[C@H](C)c1ccc(C#N)cc1. The highest BCUT2D eigenvalue weighted by Gasteiger charge is 2.25. The summed E-state index contributed by atoms with van der Waals surface area (Å²) >= 11 is 0. The Hall–Kier alpha value is -3.39. The van der Waals surface area contributed by atoms with Gasteiger partial charge >= 0.3 is 0 Å². The van der Waals surface area contributed by atoms with E-state index in [1.54, 1.807) is 18.3 Å². The number of hydrogen-bond donors (Lipinski definition) is 0. The minimum Gasteiger partial charge on any atom is -0.342 e. The van der Waals surface area contributed by atoms with Crippen LogP contribution in [0.1, 0.15) is 58.5 Å². The summed E-state index contributed by atoms with van der Waals surface area (Å²) < 4.78 is 2.13. The summed E-state index contributed by atoms with van der Waals surface area (Å²) in [5.41, 5.74) is 5.31. The molecule has 3 rings (SSSR count). The third-order valence-electron chi connectivity index (χ3n) is 5.44. The third-order valence-corrected chi connectivity index (χ3v) is 5.44. The van der Waals surface area contributed by atoms with E-state index in [2.05, 4.69) is 15.6 Å². The molecule has 0 bridgehead atoms. The summed E-state index contributed by atoms with van der Waals surface area (Å²) in [5, 5.41) is 9.00. The van der Waals surface area contributed by atoms with Gasteiger partial charge in [0.1, 0.15) is 0 Å². The zero-order valence-electron chi connectivity index (χ0n) is 17.4. The second kappa shape index (κ2) is 8.74. The van der Waals surface area contributed by atoms with Crippen molar-refractivity contribution < 1.29 is 4.79 Å². The van der Waals surface area contributed by atoms with Gasteiger partial charge in [0.2, 0.25) is 0 Å². The number of carbonyl (C=O) groups is 1. The molecule has 0 unspecified atom stereocenters. The van der Waals surface area contributed by atoms with Gasteiger partial charge in [0.25, 0.3) is 5.91 Å². The van der Waals surface area contributed by atoms with Crippen LogP contribution in [0, 0.1) is 25.2 Å². The van der Waals surface area contributed by atoms with Crippen molar-refractivity contribution in [2.45, 2.75) is 40.3 Å². The summed E-state index contributed by atoms with van der Waals surface area (Å²) in [6.45, 7) is 9.27. The number of aryl methyl sites for hydroxylation is 1. The molecular weight excluding hydrogens is 360 g/mol. The van der Waals surface area contributed by atoms with Crippen molar-refractivity contribution in [1.29, 1.82) is 5.26 Å². The van der Waals surface area contributed by atoms with Crippen molar-refractivity contribution in [3.8, 4) is 6.07 Å². The number of aromatic nitrogens is 2. The number of benzene rings is 1. The molecule has 0 aliphatic carbocycles. The molecule has 5 heteroatoms. The molecule has 1 atom stereocenters. The van der Waals surface area contributed by atoms with Gasteiger partial charge in [-0.15, -0.1) is 0 Å². The van der Waals surface area contributed by atoms with Crippen molar-refractivity contribution in [2.24, 2.45) is 0 Å². The van der Waals surface area contributed by atoms with Crippen molar-refractivity contribution in [3.63, 3.8) is 0 Å². The van der Waals surface area contributed by atoms with Gasteiger partial charge < -0.3 is 9.47 Å². The van der Waals surface area contributed by atoms with Crippen molar-refractivity contribution >= 4 is 5.91 Å². The van der Waals surface area contributed by atoms with Crippen LogP contribution in [0.3, 0.4) is 0 Å². The Bertz CT molecular complexity index is 1030. The number of amides is 1. The first-order chi connectivity index (χ1) is 14.0. The minimum atomic E-state index is -0.0842. The fraction of sp³-hybridized carbons (Fsp3) is 0.292. The van der Waals surface area contributed by atoms with E-state index >= 15 is 0 Å². The maximum absolute atomic E-state index is 13.4. The Morgan fingerprint density at radius 3 is 2.52 bits per heavy atom. The van der Waals surface area contributed by atoms with Gasteiger partial charge in [-0.3, -0.25) is 9.78 Å². The molecule has 3 aromatic rings. The van der Waals surface area contributed by atoms with Crippen LogP contribution in [0.2, 0.25) is 0 Å². The average Bonchev–Trinajstić information content (AvgIpc) is 3.03. The summed E-state index contributed by atoms with van der Waals surface area (Å²) in [4.78, 5) is 19.7. The van der Waals surface area contributed by atoms with Gasteiger partial charge in [-0.25, -0.2) is 0 Å². The molecule has 0 N–H and O–H groups in total. The summed E-state index contributed by atoms with van der Waals surface area (Å²) in [5.74, 6) is 0.0183. The molecule has 1 aromatic carbocycles. The van der Waals surface area contributed by atoms with E-state index in [4.69, 9.17) is 5.26 Å². The highest BCUT2D eigenvalue weighted by Crippen LogP contribution is 2.25. The molecular formula is C24H26N4O. The molecule has 0 aliphatic heterocycles. The Balaban J connectivity index is 1.87. The molecule has 0 aliphatic rings. The number of carbonyl (C=O) groups excluding carboxylic acids is 1. The highest BCUT2D eigenvalue weighted by atomic mass is 16.2. The molecule has 1 amide bonds. The normalized spacial score (nSPS) is 11.7. The molecule has 29 heavy (non-hydrogen) atoms. The van der Waals surface area contributed by atoms with Crippen LogP contribution in [-0.2, 0) is 6.54 Å². The maximum atomic E-state index is 13.4. The second-order valence-corrected chi connectivity index (χ2v) is 7.19. The Labute approximate surface area is 172 Å². The second-order valence-electron chi connectivity index (χ2n) is 7.19. The highest BCUT2D eigenvalue weighted by molar-refractivity contribution is 5.96. The van der Waals surface area contributed by atoms with E-state index in [1.807, 2.05) is 69.0 Å². The Kier molecular flexibility index (Phi) is 6.13. The first-order valence-electron chi connectivity index (χ1n) is 9.84. The third kappa shape index (κ3) is 4.22. The molecule has 2 heterocycles. The van der Waals surface area contributed by atoms with E-state index < -0.39 is 0 Å². The van der Waals surface area contributed by atoms with E-state index in [1.165, 1.54) is 0 Å². The summed E-state index contributed by atoms with van der Waals surface area (Å²) in [6.07, 6.45) is 1.79. The quantitative estimate of drug-likeness (QED) is 0.620. The molecule has 148 valence electrons. The van der Waals surface area contributed by atoms with Crippen LogP contribution in [0.25, 0.3) is 0 Å². The molecule has 0 radical (unpaired) electrons. The van der Waals surface area contributed by atoms with Crippen LogP contribution in [-0.4, -0.2) is 26.9 Å². The van der Waals surface area contributed by atoms with Gasteiger partial charge in [-0.2, -0.15) is 5.26 Å². The lowest BCUT2D eigenvalue weighted by molar-refractivity contribution is 0.0701. The van der Waals surface area contributed by atoms with Crippen molar-refractivity contribution in [1.82, 2.24) is 14.5 Å². The van der Waals surface area contributed by atoms with E-state index in [-0.39, 0.29) is 11.9 Å². The minimum absolute atomic E-state index is 0.0183. The van der Waals surface area contributed by atoms with Gasteiger partial charge in [-0.05, 0) is 63.6 Å². The zero-order chi connectivity index (χ0) is 21.0. The molecule has 2 aromatic heterocycles. The van der Waals surface area contributed by atoms with Crippen LogP contribution in [0.5, 0.6) is 0 Å². The fourth-order valence-electron chi connectivity index (χ4n) is 3.68. The molecule has 0 saturated heterocycles.